The van der Waals surface area contributed by atoms with E-state index in [2.05, 4.69) is 39.9 Å². The first-order valence-corrected chi connectivity index (χ1v) is 7.51. The summed E-state index contributed by atoms with van der Waals surface area (Å²) in [5.74, 6) is 0.492. The summed E-state index contributed by atoms with van der Waals surface area (Å²) in [5.41, 5.74) is 1.97. The van der Waals surface area contributed by atoms with Gasteiger partial charge < -0.3 is 10.6 Å². The molecule has 0 aliphatic carbocycles. The molecule has 0 amide bonds. The number of halogens is 2. The first kappa shape index (κ1) is 19.4. The minimum Gasteiger partial charge on any atom is -0.356 e. The Bertz CT molecular complexity index is 602. The van der Waals surface area contributed by atoms with Crippen molar-refractivity contribution in [2.45, 2.75) is 19.4 Å². The quantitative estimate of drug-likeness (QED) is 0.319. The fraction of sp³-hybridized carbons (Fsp3) is 0.278. The van der Waals surface area contributed by atoms with Crippen LogP contribution in [0.15, 0.2) is 59.6 Å². The summed E-state index contributed by atoms with van der Waals surface area (Å²) in [7, 11) is 1.72. The van der Waals surface area contributed by atoms with Crippen LogP contribution >= 0.6 is 24.0 Å². The van der Waals surface area contributed by atoms with Gasteiger partial charge >= 0.3 is 0 Å². The van der Waals surface area contributed by atoms with Crippen LogP contribution in [0, 0.1) is 5.82 Å². The lowest BCUT2D eigenvalue weighted by atomic mass is 10.1. The molecule has 0 bridgehead atoms. The van der Waals surface area contributed by atoms with Gasteiger partial charge in [0, 0.05) is 25.7 Å². The minimum atomic E-state index is -0.200. The van der Waals surface area contributed by atoms with Crippen LogP contribution in [0.1, 0.15) is 17.5 Å². The average Bonchev–Trinajstić information content (AvgIpc) is 2.56. The molecule has 2 aromatic carbocycles. The highest BCUT2D eigenvalue weighted by Crippen LogP contribution is 2.05. The molecule has 2 N–H and O–H groups in total. The molecule has 23 heavy (non-hydrogen) atoms. The SMILES string of the molecule is CN=C(NCCCc1ccccc1)NCc1ccccc1F.I. The number of nitrogens with zero attached hydrogens (tertiary/aromatic N) is 1. The van der Waals surface area contributed by atoms with Gasteiger partial charge in [0.05, 0.1) is 0 Å². The normalized spacial score (nSPS) is 10.8. The van der Waals surface area contributed by atoms with Gasteiger partial charge in [-0.2, -0.15) is 0 Å². The second-order valence-corrected chi connectivity index (χ2v) is 5.03. The number of hydrogen-bond acceptors (Lipinski definition) is 1. The summed E-state index contributed by atoms with van der Waals surface area (Å²) in [5, 5.41) is 6.37. The standard InChI is InChI=1S/C18H22FN3.HI/c1-20-18(22-14-16-11-5-6-12-17(16)19)21-13-7-10-15-8-3-2-4-9-15;/h2-6,8-9,11-12H,7,10,13-14H2,1H3,(H2,20,21,22);1H. The molecule has 0 fully saturated rings. The van der Waals surface area contributed by atoms with Crippen LogP contribution in [-0.2, 0) is 13.0 Å². The van der Waals surface area contributed by atoms with E-state index >= 15 is 0 Å². The number of benzene rings is 2. The molecule has 0 aromatic heterocycles. The Hall–Kier alpha value is -1.63. The van der Waals surface area contributed by atoms with E-state index in [-0.39, 0.29) is 29.8 Å². The maximum Gasteiger partial charge on any atom is 0.191 e. The fourth-order valence-electron chi connectivity index (χ4n) is 2.19. The lowest BCUT2D eigenvalue weighted by Gasteiger charge is -2.12. The van der Waals surface area contributed by atoms with Crippen molar-refractivity contribution < 1.29 is 4.39 Å². The molecule has 0 aliphatic heterocycles. The smallest absolute Gasteiger partial charge is 0.191 e. The van der Waals surface area contributed by atoms with E-state index in [0.29, 0.717) is 18.1 Å². The highest BCUT2D eigenvalue weighted by atomic mass is 127. The van der Waals surface area contributed by atoms with Gasteiger partial charge in [0.2, 0.25) is 0 Å². The van der Waals surface area contributed by atoms with Crippen molar-refractivity contribution in [2.24, 2.45) is 4.99 Å². The van der Waals surface area contributed by atoms with E-state index in [0.717, 1.165) is 19.4 Å². The second kappa shape index (κ2) is 11.0. The van der Waals surface area contributed by atoms with Gasteiger partial charge in [0.1, 0.15) is 5.82 Å². The third kappa shape index (κ3) is 6.99. The van der Waals surface area contributed by atoms with Crippen LogP contribution < -0.4 is 10.6 Å². The van der Waals surface area contributed by atoms with Crippen molar-refractivity contribution in [1.29, 1.82) is 0 Å². The van der Waals surface area contributed by atoms with Crippen LogP contribution in [0.4, 0.5) is 4.39 Å². The van der Waals surface area contributed by atoms with Gasteiger partial charge in [-0.25, -0.2) is 4.39 Å². The van der Waals surface area contributed by atoms with Crippen molar-refractivity contribution >= 4 is 29.9 Å². The van der Waals surface area contributed by atoms with Crippen LogP contribution in [0.2, 0.25) is 0 Å². The third-order valence-electron chi connectivity index (χ3n) is 3.41. The Morgan fingerprint density at radius 3 is 2.39 bits per heavy atom. The Kier molecular flexibility index (Phi) is 9.28. The second-order valence-electron chi connectivity index (χ2n) is 5.03. The summed E-state index contributed by atoms with van der Waals surface area (Å²) < 4.78 is 13.5. The van der Waals surface area contributed by atoms with E-state index in [9.17, 15) is 4.39 Å². The lowest BCUT2D eigenvalue weighted by Crippen LogP contribution is -2.37. The molecule has 0 saturated carbocycles. The predicted octanol–water partition coefficient (Wildman–Crippen LogP) is 3.74. The van der Waals surface area contributed by atoms with Crippen molar-refractivity contribution in [2.75, 3.05) is 13.6 Å². The van der Waals surface area contributed by atoms with Crippen LogP contribution in [0.25, 0.3) is 0 Å². The van der Waals surface area contributed by atoms with E-state index in [1.807, 2.05) is 12.1 Å². The van der Waals surface area contributed by atoms with E-state index in [1.54, 1.807) is 19.2 Å². The van der Waals surface area contributed by atoms with Crippen molar-refractivity contribution in [3.63, 3.8) is 0 Å². The molecular formula is C18H23FIN3. The number of guanidine groups is 1. The molecule has 0 aliphatic rings. The average molecular weight is 427 g/mol. The van der Waals surface area contributed by atoms with E-state index in [1.165, 1.54) is 11.6 Å². The summed E-state index contributed by atoms with van der Waals surface area (Å²) >= 11 is 0. The van der Waals surface area contributed by atoms with Gasteiger partial charge in [0.15, 0.2) is 5.96 Å². The van der Waals surface area contributed by atoms with Crippen LogP contribution in [0.5, 0.6) is 0 Å². The fourth-order valence-corrected chi connectivity index (χ4v) is 2.19. The minimum absolute atomic E-state index is 0. The zero-order valence-electron chi connectivity index (χ0n) is 13.3. The number of aliphatic imine (C=N–C) groups is 1. The van der Waals surface area contributed by atoms with Gasteiger partial charge in [-0.1, -0.05) is 48.5 Å². The maximum absolute atomic E-state index is 13.5. The lowest BCUT2D eigenvalue weighted by molar-refractivity contribution is 0.604. The molecule has 0 atom stereocenters. The van der Waals surface area contributed by atoms with Gasteiger partial charge in [0.25, 0.3) is 0 Å². The zero-order valence-corrected chi connectivity index (χ0v) is 15.6. The molecule has 3 nitrogen and oxygen atoms in total. The number of nitrogens with one attached hydrogen (secondary N) is 2. The highest BCUT2D eigenvalue weighted by molar-refractivity contribution is 14.0. The van der Waals surface area contributed by atoms with Gasteiger partial charge in [-0.3, -0.25) is 4.99 Å². The maximum atomic E-state index is 13.5. The van der Waals surface area contributed by atoms with Crippen molar-refractivity contribution in [1.82, 2.24) is 10.6 Å². The molecule has 0 heterocycles. The number of aryl methyl sites for hydroxylation is 1. The predicted molar refractivity (Wildman–Crippen MR) is 105 cm³/mol. The monoisotopic (exact) mass is 427 g/mol. The summed E-state index contributed by atoms with van der Waals surface area (Å²) in [6.07, 6.45) is 2.04. The van der Waals surface area contributed by atoms with Crippen molar-refractivity contribution in [3.8, 4) is 0 Å². The molecule has 124 valence electrons. The van der Waals surface area contributed by atoms with Crippen LogP contribution in [0.3, 0.4) is 0 Å². The highest BCUT2D eigenvalue weighted by Gasteiger charge is 2.02. The number of rotatable bonds is 6. The van der Waals surface area contributed by atoms with E-state index < -0.39 is 0 Å². The van der Waals surface area contributed by atoms with Crippen LogP contribution in [-0.4, -0.2) is 19.6 Å². The molecule has 0 saturated heterocycles. The summed E-state index contributed by atoms with van der Waals surface area (Å²) in [6, 6.07) is 17.1. The first-order valence-electron chi connectivity index (χ1n) is 7.51. The largest absolute Gasteiger partial charge is 0.356 e. The zero-order chi connectivity index (χ0) is 15.6. The topological polar surface area (TPSA) is 36.4 Å². The summed E-state index contributed by atoms with van der Waals surface area (Å²) in [4.78, 5) is 4.15. The van der Waals surface area contributed by atoms with Crippen molar-refractivity contribution in [3.05, 3.63) is 71.5 Å². The Labute approximate surface area is 154 Å². The molecule has 5 heteroatoms. The molecule has 0 radical (unpaired) electrons. The molecule has 0 unspecified atom stereocenters. The first-order chi connectivity index (χ1) is 10.8. The van der Waals surface area contributed by atoms with Gasteiger partial charge in [-0.05, 0) is 24.5 Å². The summed E-state index contributed by atoms with van der Waals surface area (Å²) in [6.45, 7) is 1.25. The van der Waals surface area contributed by atoms with E-state index in [4.69, 9.17) is 0 Å². The molecular weight excluding hydrogens is 404 g/mol. The number of hydrogen-bond donors (Lipinski definition) is 2. The van der Waals surface area contributed by atoms with Gasteiger partial charge in [-0.15, -0.1) is 24.0 Å². The third-order valence-corrected chi connectivity index (χ3v) is 3.41. The Morgan fingerprint density at radius 1 is 1.00 bits per heavy atom. The molecule has 2 rings (SSSR count). The molecule has 2 aromatic rings. The molecule has 0 spiro atoms. The Balaban J connectivity index is 0.00000264. The Morgan fingerprint density at radius 2 is 1.70 bits per heavy atom.